The highest BCUT2D eigenvalue weighted by Crippen LogP contribution is 2.48. The van der Waals surface area contributed by atoms with E-state index in [1.807, 2.05) is 0 Å². The van der Waals surface area contributed by atoms with E-state index in [0.717, 1.165) is 51.4 Å². The van der Waals surface area contributed by atoms with Crippen LogP contribution < -0.4 is 0 Å². The van der Waals surface area contributed by atoms with Crippen LogP contribution in [0.3, 0.4) is 0 Å². The third-order valence-electron chi connectivity index (χ3n) is 6.84. The van der Waals surface area contributed by atoms with E-state index in [1.54, 1.807) is 0 Å². The summed E-state index contributed by atoms with van der Waals surface area (Å²) in [4.78, 5) is 45.5. The molecule has 0 N–H and O–H groups in total. The highest BCUT2D eigenvalue weighted by Gasteiger charge is 2.41. The van der Waals surface area contributed by atoms with Gasteiger partial charge in [-0.1, -0.05) is 13.8 Å². The molecule has 0 aromatic heterocycles. The molecule has 0 heterocycles. The van der Waals surface area contributed by atoms with Gasteiger partial charge in [0.25, 0.3) is 0 Å². The molecule has 0 saturated heterocycles. The fourth-order valence-corrected chi connectivity index (χ4v) is 5.04. The van der Waals surface area contributed by atoms with Crippen LogP contribution in [0.25, 0.3) is 0 Å². The Morgan fingerprint density at radius 2 is 0.966 bits per heavy atom. The van der Waals surface area contributed by atoms with Crippen LogP contribution in [0.2, 0.25) is 0 Å². The van der Waals surface area contributed by atoms with Crippen molar-refractivity contribution < 1.29 is 28.7 Å². The zero-order valence-electron chi connectivity index (χ0n) is 18.3. The third-order valence-corrected chi connectivity index (χ3v) is 6.84. The molecule has 2 saturated carbocycles. The van der Waals surface area contributed by atoms with E-state index in [-0.39, 0.29) is 42.0 Å². The van der Waals surface area contributed by atoms with Crippen LogP contribution in [0.5, 0.6) is 0 Å². The third kappa shape index (κ3) is 7.23. The number of rotatable bonds is 8. The normalized spacial score (nSPS) is 27.7. The Bertz CT molecular complexity index is 555. The Labute approximate surface area is 174 Å². The Morgan fingerprint density at radius 3 is 1.24 bits per heavy atom. The van der Waals surface area contributed by atoms with Crippen LogP contribution >= 0.6 is 0 Å². The van der Waals surface area contributed by atoms with Crippen LogP contribution in [-0.2, 0) is 28.7 Å². The molecular weight excluding hydrogens is 372 g/mol. The Morgan fingerprint density at radius 1 is 0.655 bits per heavy atom. The SMILES string of the molecule is CC(=O)CC(=O)OC1CCC(C(C)(C)C2CCC(OC(=O)CC(C)=O)CC2)CC1. The van der Waals surface area contributed by atoms with Crippen molar-refractivity contribution in [3.8, 4) is 0 Å². The highest BCUT2D eigenvalue weighted by atomic mass is 16.5. The minimum Gasteiger partial charge on any atom is -0.462 e. The maximum atomic E-state index is 11.7. The lowest BCUT2D eigenvalue weighted by atomic mass is 9.60. The van der Waals surface area contributed by atoms with E-state index in [1.165, 1.54) is 13.8 Å². The van der Waals surface area contributed by atoms with Crippen LogP contribution in [0.4, 0.5) is 0 Å². The number of hydrogen-bond acceptors (Lipinski definition) is 6. The molecule has 0 radical (unpaired) electrons. The number of esters is 2. The van der Waals surface area contributed by atoms with E-state index in [4.69, 9.17) is 9.47 Å². The largest absolute Gasteiger partial charge is 0.462 e. The fraction of sp³-hybridized carbons (Fsp3) is 0.826. The number of carbonyl (C=O) groups is 4. The van der Waals surface area contributed by atoms with Crippen molar-refractivity contribution in [1.82, 2.24) is 0 Å². The number of Topliss-reactive ketones (excluding diaryl/α,β-unsaturated/α-hetero) is 2. The molecule has 0 spiro atoms. The predicted octanol–water partition coefficient (Wildman–Crippen LogP) is 4.17. The van der Waals surface area contributed by atoms with Gasteiger partial charge in [-0.3, -0.25) is 19.2 Å². The van der Waals surface area contributed by atoms with Crippen LogP contribution in [0.15, 0.2) is 0 Å². The van der Waals surface area contributed by atoms with Crippen LogP contribution in [-0.4, -0.2) is 35.7 Å². The number of carbonyl (C=O) groups excluding carboxylic acids is 4. The lowest BCUT2D eigenvalue weighted by Crippen LogP contribution is -2.39. The monoisotopic (exact) mass is 408 g/mol. The molecule has 0 bridgehead atoms. The summed E-state index contributed by atoms with van der Waals surface area (Å²) < 4.78 is 10.9. The van der Waals surface area contributed by atoms with Crippen molar-refractivity contribution >= 4 is 23.5 Å². The van der Waals surface area contributed by atoms with Crippen molar-refractivity contribution in [2.24, 2.45) is 17.3 Å². The molecule has 6 nitrogen and oxygen atoms in total. The molecule has 2 aliphatic rings. The summed E-state index contributed by atoms with van der Waals surface area (Å²) in [5, 5.41) is 0. The summed E-state index contributed by atoms with van der Waals surface area (Å²) in [6, 6.07) is 0. The highest BCUT2D eigenvalue weighted by molar-refractivity contribution is 5.94. The maximum Gasteiger partial charge on any atom is 0.313 e. The smallest absolute Gasteiger partial charge is 0.313 e. The van der Waals surface area contributed by atoms with Gasteiger partial charge in [-0.15, -0.1) is 0 Å². The number of ether oxygens (including phenoxy) is 2. The average molecular weight is 409 g/mol. The van der Waals surface area contributed by atoms with Crippen molar-refractivity contribution in [2.45, 2.75) is 104 Å². The van der Waals surface area contributed by atoms with Gasteiger partial charge in [0.2, 0.25) is 0 Å². The first kappa shape index (κ1) is 23.6. The van der Waals surface area contributed by atoms with Gasteiger partial charge in [-0.2, -0.15) is 0 Å². The molecule has 0 aromatic carbocycles. The summed E-state index contributed by atoms with van der Waals surface area (Å²) in [7, 11) is 0. The lowest BCUT2D eigenvalue weighted by Gasteiger charge is -2.46. The molecule has 0 unspecified atom stereocenters. The first-order valence-corrected chi connectivity index (χ1v) is 11.0. The minimum absolute atomic E-state index is 0.0645. The van der Waals surface area contributed by atoms with Gasteiger partial charge in [0.05, 0.1) is 0 Å². The second-order valence-corrected chi connectivity index (χ2v) is 9.51. The van der Waals surface area contributed by atoms with Crippen LogP contribution in [0.1, 0.15) is 91.9 Å². The topological polar surface area (TPSA) is 86.7 Å². The van der Waals surface area contributed by atoms with E-state index in [0.29, 0.717) is 11.8 Å². The lowest BCUT2D eigenvalue weighted by molar-refractivity contribution is -0.153. The van der Waals surface area contributed by atoms with Gasteiger partial charge in [0.15, 0.2) is 0 Å². The van der Waals surface area contributed by atoms with E-state index < -0.39 is 11.9 Å². The average Bonchev–Trinajstić information content (AvgIpc) is 2.61. The molecule has 0 aromatic rings. The fourth-order valence-electron chi connectivity index (χ4n) is 5.04. The van der Waals surface area contributed by atoms with Gasteiger partial charge in [-0.05, 0) is 82.5 Å². The second-order valence-electron chi connectivity index (χ2n) is 9.51. The van der Waals surface area contributed by atoms with Gasteiger partial charge >= 0.3 is 11.9 Å². The molecular formula is C23H36O6. The summed E-state index contributed by atoms with van der Waals surface area (Å²) in [6.45, 7) is 7.48. The van der Waals surface area contributed by atoms with Crippen molar-refractivity contribution in [1.29, 1.82) is 0 Å². The Kier molecular flexibility index (Phi) is 8.41. The van der Waals surface area contributed by atoms with E-state index in [9.17, 15) is 19.2 Å². The van der Waals surface area contributed by atoms with E-state index >= 15 is 0 Å². The maximum absolute atomic E-state index is 11.7. The molecule has 0 aliphatic heterocycles. The van der Waals surface area contributed by atoms with Crippen molar-refractivity contribution in [3.63, 3.8) is 0 Å². The molecule has 0 atom stereocenters. The Balaban J connectivity index is 1.77. The summed E-state index contributed by atoms with van der Waals surface area (Å²) in [5.74, 6) is 0.0228. The first-order chi connectivity index (χ1) is 13.6. The summed E-state index contributed by atoms with van der Waals surface area (Å²) >= 11 is 0. The van der Waals surface area contributed by atoms with Gasteiger partial charge < -0.3 is 9.47 Å². The van der Waals surface area contributed by atoms with Gasteiger partial charge in [0, 0.05) is 0 Å². The molecule has 2 rings (SSSR count). The zero-order valence-corrected chi connectivity index (χ0v) is 18.3. The van der Waals surface area contributed by atoms with Crippen molar-refractivity contribution in [2.75, 3.05) is 0 Å². The Hall–Kier alpha value is -1.72. The van der Waals surface area contributed by atoms with Crippen molar-refractivity contribution in [3.05, 3.63) is 0 Å². The molecule has 29 heavy (non-hydrogen) atoms. The minimum atomic E-state index is -0.405. The quantitative estimate of drug-likeness (QED) is 0.442. The van der Waals surface area contributed by atoms with Gasteiger partial charge in [-0.25, -0.2) is 0 Å². The summed E-state index contributed by atoms with van der Waals surface area (Å²) in [5.41, 5.74) is 0.183. The zero-order chi connectivity index (χ0) is 21.6. The first-order valence-electron chi connectivity index (χ1n) is 11.0. The standard InChI is InChI=1S/C23H36O6/c1-15(24)13-21(26)28-19-9-5-17(6-10-19)23(3,4)18-7-11-20(12-8-18)29-22(27)14-16(2)25/h17-20H,5-14H2,1-4H3. The van der Waals surface area contributed by atoms with Gasteiger partial charge in [0.1, 0.15) is 36.6 Å². The molecule has 0 amide bonds. The molecule has 164 valence electrons. The van der Waals surface area contributed by atoms with Crippen LogP contribution in [0, 0.1) is 17.3 Å². The number of hydrogen-bond donors (Lipinski definition) is 0. The molecule has 2 fully saturated rings. The molecule has 6 heteroatoms. The second kappa shape index (κ2) is 10.4. The predicted molar refractivity (Wildman–Crippen MR) is 108 cm³/mol. The number of ketones is 2. The molecule has 2 aliphatic carbocycles. The summed E-state index contributed by atoms with van der Waals surface area (Å²) in [6.07, 6.45) is 7.14. The van der Waals surface area contributed by atoms with E-state index in [2.05, 4.69) is 13.8 Å².